The van der Waals surface area contributed by atoms with Gasteiger partial charge in [0, 0.05) is 62.0 Å². The average Bonchev–Trinajstić information content (AvgIpc) is 3.51. The van der Waals surface area contributed by atoms with Crippen LogP contribution in [0.4, 0.5) is 5.69 Å². The summed E-state index contributed by atoms with van der Waals surface area (Å²) in [7, 11) is 0.968. The van der Waals surface area contributed by atoms with Crippen LogP contribution < -0.4 is 19.1 Å². The van der Waals surface area contributed by atoms with Gasteiger partial charge in [-0.1, -0.05) is 59.3 Å². The van der Waals surface area contributed by atoms with Crippen molar-refractivity contribution in [2.24, 2.45) is 29.2 Å². The number of rotatable bonds is 9. The third-order valence-electron chi connectivity index (χ3n) is 12.0. The second kappa shape index (κ2) is 18.2. The molecule has 7 rings (SSSR count). The number of fused-ring (bicyclic) bond motifs is 4. The van der Waals surface area contributed by atoms with E-state index in [-0.39, 0.29) is 40.2 Å². The van der Waals surface area contributed by atoms with Crippen molar-refractivity contribution in [3.8, 4) is 11.6 Å². The smallest absolute Gasteiger partial charge is 0.286 e. The Balaban J connectivity index is 1.34. The molecule has 3 aromatic rings. The van der Waals surface area contributed by atoms with Crippen LogP contribution in [0.1, 0.15) is 71.4 Å². The van der Waals surface area contributed by atoms with Gasteiger partial charge in [-0.05, 0) is 92.3 Å². The number of aromatic nitrogens is 2. The van der Waals surface area contributed by atoms with Crippen LogP contribution in [-0.2, 0) is 43.0 Å². The third kappa shape index (κ3) is 9.09. The van der Waals surface area contributed by atoms with Crippen LogP contribution >= 0.6 is 34.2 Å². The van der Waals surface area contributed by atoms with E-state index in [0.29, 0.717) is 42.4 Å². The number of aryl methyl sites for hydroxylation is 2. The zero-order chi connectivity index (χ0) is 41.2. The Morgan fingerprint density at radius 1 is 1.17 bits per heavy atom. The first-order valence-corrected chi connectivity index (χ1v) is 23.5. The molecule has 0 saturated heterocycles. The second-order valence-electron chi connectivity index (χ2n) is 15.9. The van der Waals surface area contributed by atoms with Gasteiger partial charge < -0.3 is 28.6 Å². The van der Waals surface area contributed by atoms with Crippen molar-refractivity contribution in [2.75, 3.05) is 55.6 Å². The van der Waals surface area contributed by atoms with Crippen LogP contribution in [-0.4, -0.2) is 95.0 Å². The molecule has 314 valence electrons. The van der Waals surface area contributed by atoms with E-state index < -0.39 is 40.0 Å². The highest BCUT2D eigenvalue weighted by Crippen LogP contribution is 2.47. The van der Waals surface area contributed by atoms with Crippen molar-refractivity contribution in [3.05, 3.63) is 82.0 Å². The van der Waals surface area contributed by atoms with Crippen LogP contribution in [0.25, 0.3) is 0 Å². The monoisotopic (exact) mass is 949 g/mol. The van der Waals surface area contributed by atoms with E-state index >= 15 is 4.21 Å². The molecular formula is C42H53ClIN5O8S. The molecule has 2 aliphatic heterocycles. The SMILES string of the molecule is CCOC(CI)O[C@H]1/C=C/[C@H](OC)[C@@H]2CC[C@H]2CN2C[C@@]3(CCCc4cc(Cl)ccc43)COc3ccc(cc32)C(=O)N=S(=O)(NC(=O)c2cn(C)nc2OC)C[C@H]1C. The molecule has 1 saturated carbocycles. The molecule has 3 heterocycles. The molecule has 8 atom stereocenters. The largest absolute Gasteiger partial charge is 0.490 e. The van der Waals surface area contributed by atoms with Crippen LogP contribution in [0, 0.1) is 17.8 Å². The Morgan fingerprint density at radius 2 is 1.98 bits per heavy atom. The Kier molecular flexibility index (Phi) is 13.4. The number of alkyl halides is 1. The van der Waals surface area contributed by atoms with Gasteiger partial charge in [-0.2, -0.15) is 0 Å². The van der Waals surface area contributed by atoms with Crippen molar-refractivity contribution in [1.82, 2.24) is 14.5 Å². The summed E-state index contributed by atoms with van der Waals surface area (Å²) in [5.41, 5.74) is 3.24. The molecule has 1 aromatic heterocycles. The van der Waals surface area contributed by atoms with Crippen LogP contribution in [0.2, 0.25) is 5.02 Å². The van der Waals surface area contributed by atoms with E-state index in [1.807, 2.05) is 38.1 Å². The first-order valence-electron chi connectivity index (χ1n) is 19.9. The predicted molar refractivity (Wildman–Crippen MR) is 232 cm³/mol. The van der Waals surface area contributed by atoms with Crippen molar-refractivity contribution in [3.63, 3.8) is 0 Å². The summed E-state index contributed by atoms with van der Waals surface area (Å²) in [6.07, 6.45) is 8.97. The number of carbonyl (C=O) groups is 2. The number of nitrogens with zero attached hydrogens (tertiary/aromatic N) is 4. The minimum atomic E-state index is -3.80. The highest BCUT2D eigenvalue weighted by molar-refractivity contribution is 14.1. The van der Waals surface area contributed by atoms with E-state index in [1.165, 1.54) is 29.1 Å². The summed E-state index contributed by atoms with van der Waals surface area (Å²) in [5, 5.41) is 4.91. The molecule has 1 N–H and O–H groups in total. The summed E-state index contributed by atoms with van der Waals surface area (Å²) in [5.74, 6) is -0.955. The van der Waals surface area contributed by atoms with Crippen LogP contribution in [0.15, 0.2) is 59.1 Å². The van der Waals surface area contributed by atoms with E-state index in [0.717, 1.165) is 42.8 Å². The topological polar surface area (TPSA) is 143 Å². The normalized spacial score (nSPS) is 29.5. The highest BCUT2D eigenvalue weighted by Gasteiger charge is 2.44. The average molecular weight is 950 g/mol. The van der Waals surface area contributed by atoms with Crippen molar-refractivity contribution in [2.45, 2.75) is 69.9 Å². The highest BCUT2D eigenvalue weighted by atomic mass is 127. The minimum Gasteiger partial charge on any atom is -0.490 e. The zero-order valence-electron chi connectivity index (χ0n) is 33.7. The number of carbonyl (C=O) groups excluding carboxylic acids is 2. The van der Waals surface area contributed by atoms with E-state index in [9.17, 15) is 9.59 Å². The predicted octanol–water partition coefficient (Wildman–Crippen LogP) is 6.94. The van der Waals surface area contributed by atoms with E-state index in [4.69, 9.17) is 35.3 Å². The number of methoxy groups -OCH3 is 2. The molecule has 58 heavy (non-hydrogen) atoms. The quantitative estimate of drug-likeness (QED) is 0.104. The molecule has 1 fully saturated rings. The van der Waals surface area contributed by atoms with Crippen molar-refractivity contribution in [1.29, 1.82) is 0 Å². The summed E-state index contributed by atoms with van der Waals surface area (Å²) in [4.78, 5) is 30.5. The first kappa shape index (κ1) is 42.9. The van der Waals surface area contributed by atoms with Gasteiger partial charge in [0.05, 0.1) is 41.8 Å². The maximum absolute atomic E-state index is 15.1. The Bertz CT molecular complexity index is 2160. The minimum absolute atomic E-state index is 0.0496. The Hall–Kier alpha value is -3.22. The Morgan fingerprint density at radius 3 is 2.71 bits per heavy atom. The fourth-order valence-corrected chi connectivity index (χ4v) is 11.5. The molecule has 4 aliphatic rings. The molecule has 2 unspecified atom stereocenters. The lowest BCUT2D eigenvalue weighted by molar-refractivity contribution is -0.149. The van der Waals surface area contributed by atoms with Gasteiger partial charge >= 0.3 is 0 Å². The van der Waals surface area contributed by atoms with E-state index in [1.54, 1.807) is 26.3 Å². The number of nitrogens with one attached hydrogen (secondary N) is 1. The number of ether oxygens (including phenoxy) is 5. The number of anilines is 1. The van der Waals surface area contributed by atoms with Crippen molar-refractivity contribution < 1.29 is 37.5 Å². The molecule has 2 bridgehead atoms. The molecule has 1 spiro atoms. The standard InChI is InChI=1S/C42H53ClIN5O8S/c1-6-55-38(20-44)57-35-15-16-36(53-4)31-12-9-29(31)21-49-24-42(17-7-8-27-18-30(43)11-13-33(27)42)25-56-37-14-10-28(19-34(37)49)39(50)46-58(52,23-26(35)2)47-40(51)32-22-48(3)45-41(32)54-5/h10-11,13-16,18-19,22,26,29,31,35-36,38H,6-9,12,17,20-21,23-25H2,1-5H3,(H,46,47,50,51,52)/b16-15+/t26-,29+,31-,35+,36+,38?,42+,58?/m1/s1. The lowest BCUT2D eigenvalue weighted by atomic mass is 9.68. The van der Waals surface area contributed by atoms with Gasteiger partial charge in [-0.3, -0.25) is 19.0 Å². The number of amides is 2. The molecule has 2 amide bonds. The number of halogens is 2. The summed E-state index contributed by atoms with van der Waals surface area (Å²) < 4.78 is 54.7. The molecule has 2 aromatic carbocycles. The van der Waals surface area contributed by atoms with E-state index in [2.05, 4.69) is 53.8 Å². The zero-order valence-corrected chi connectivity index (χ0v) is 37.4. The van der Waals surface area contributed by atoms with Gasteiger partial charge in [0.1, 0.15) is 21.2 Å². The summed E-state index contributed by atoms with van der Waals surface area (Å²) >= 11 is 8.71. The maximum Gasteiger partial charge on any atom is 0.286 e. The molecular weight excluding hydrogens is 897 g/mol. The number of hydrogen-bond acceptors (Lipinski definition) is 10. The number of benzene rings is 2. The fourth-order valence-electron chi connectivity index (χ4n) is 8.96. The third-order valence-corrected chi connectivity index (χ3v) is 14.8. The maximum atomic E-state index is 15.1. The number of hydrogen-bond donors (Lipinski definition) is 1. The van der Waals surface area contributed by atoms with Crippen molar-refractivity contribution >= 4 is 61.6 Å². The first-order chi connectivity index (χ1) is 27.9. The Labute approximate surface area is 359 Å². The summed E-state index contributed by atoms with van der Waals surface area (Å²) in [6.45, 7) is 6.06. The van der Waals surface area contributed by atoms with Crippen LogP contribution in [0.5, 0.6) is 11.6 Å². The molecule has 2 aliphatic carbocycles. The van der Waals surface area contributed by atoms with Gasteiger partial charge in [0.2, 0.25) is 5.88 Å². The molecule has 0 radical (unpaired) electrons. The fraction of sp³-hybridized carbons (Fsp3) is 0.548. The second-order valence-corrected chi connectivity index (χ2v) is 19.2. The van der Waals surface area contributed by atoms with Gasteiger partial charge in [-0.15, -0.1) is 9.46 Å². The van der Waals surface area contributed by atoms with Crippen LogP contribution in [0.3, 0.4) is 0 Å². The molecule has 16 heteroatoms. The van der Waals surface area contributed by atoms with Gasteiger partial charge in [0.25, 0.3) is 11.8 Å². The molecule has 13 nitrogen and oxygen atoms in total. The summed E-state index contributed by atoms with van der Waals surface area (Å²) in [6, 6.07) is 11.5. The van der Waals surface area contributed by atoms with Gasteiger partial charge in [0.15, 0.2) is 6.29 Å². The lowest BCUT2D eigenvalue weighted by Crippen LogP contribution is -2.49. The van der Waals surface area contributed by atoms with Gasteiger partial charge in [-0.25, -0.2) is 4.21 Å². The lowest BCUT2D eigenvalue weighted by Gasteiger charge is -2.46.